The van der Waals surface area contributed by atoms with Gasteiger partial charge in [0.15, 0.2) is 5.65 Å². The van der Waals surface area contributed by atoms with Crippen molar-refractivity contribution in [2.45, 2.75) is 44.8 Å². The second kappa shape index (κ2) is 9.29. The van der Waals surface area contributed by atoms with Crippen LogP contribution in [0.5, 0.6) is 0 Å². The predicted octanol–water partition coefficient (Wildman–Crippen LogP) is 5.79. The van der Waals surface area contributed by atoms with E-state index in [0.717, 1.165) is 29.8 Å². The van der Waals surface area contributed by atoms with E-state index in [9.17, 15) is 18.0 Å². The second-order valence-electron chi connectivity index (χ2n) is 8.49. The summed E-state index contributed by atoms with van der Waals surface area (Å²) in [6, 6.07) is 16.6. The summed E-state index contributed by atoms with van der Waals surface area (Å²) in [6.45, 7) is 3.89. The molecule has 34 heavy (non-hydrogen) atoms. The Bertz CT molecular complexity index is 1280. The van der Waals surface area contributed by atoms with Crippen LogP contribution in [-0.2, 0) is 22.9 Å². The number of halogens is 3. The molecule has 0 fully saturated rings. The van der Waals surface area contributed by atoms with Gasteiger partial charge in [0, 0.05) is 24.6 Å². The number of amides is 1. The number of carbonyl (C=O) groups excluding carboxylic acids is 1. The molecule has 2 aromatic heterocycles. The summed E-state index contributed by atoms with van der Waals surface area (Å²) in [7, 11) is 0. The number of alkyl halides is 3. The molecule has 2 aromatic carbocycles. The first-order valence-corrected chi connectivity index (χ1v) is 11.1. The lowest BCUT2D eigenvalue weighted by molar-refractivity contribution is -0.137. The number of hydrogen-bond donors (Lipinski definition) is 1. The molecule has 4 rings (SSSR count). The van der Waals surface area contributed by atoms with Crippen LogP contribution in [0.2, 0.25) is 0 Å². The van der Waals surface area contributed by atoms with E-state index in [-0.39, 0.29) is 5.91 Å². The van der Waals surface area contributed by atoms with Crippen molar-refractivity contribution in [3.63, 3.8) is 0 Å². The fourth-order valence-electron chi connectivity index (χ4n) is 4.15. The first-order valence-electron chi connectivity index (χ1n) is 11.1. The van der Waals surface area contributed by atoms with Crippen molar-refractivity contribution in [1.29, 1.82) is 0 Å². The maximum Gasteiger partial charge on any atom is 0.416 e. The molecule has 1 atom stereocenters. The Morgan fingerprint density at radius 1 is 1.03 bits per heavy atom. The van der Waals surface area contributed by atoms with E-state index >= 15 is 0 Å². The molecule has 176 valence electrons. The van der Waals surface area contributed by atoms with Gasteiger partial charge < -0.3 is 5.32 Å². The minimum absolute atomic E-state index is 0.0685. The van der Waals surface area contributed by atoms with Crippen molar-refractivity contribution in [1.82, 2.24) is 19.9 Å². The van der Waals surface area contributed by atoms with Gasteiger partial charge in [0.1, 0.15) is 0 Å². The summed E-state index contributed by atoms with van der Waals surface area (Å²) < 4.78 is 40.6. The SMILES string of the molecule is CCCC(=O)N[C@](C)(Cc1ccccc1)c1ccnc2c(-c3ccc(C(F)(F)F)cc3)cnn12. The molecule has 8 heteroatoms. The summed E-state index contributed by atoms with van der Waals surface area (Å²) in [5.41, 5.74) is 1.95. The number of benzene rings is 2. The van der Waals surface area contributed by atoms with Crippen molar-refractivity contribution >= 4 is 11.6 Å². The number of nitrogens with zero attached hydrogens (tertiary/aromatic N) is 3. The third-order valence-corrected chi connectivity index (χ3v) is 5.78. The van der Waals surface area contributed by atoms with E-state index in [1.807, 2.05) is 50.2 Å². The van der Waals surface area contributed by atoms with Gasteiger partial charge in [-0.15, -0.1) is 0 Å². The molecule has 0 saturated heterocycles. The van der Waals surface area contributed by atoms with Gasteiger partial charge in [0.2, 0.25) is 5.91 Å². The Hall–Kier alpha value is -3.68. The lowest BCUT2D eigenvalue weighted by Crippen LogP contribution is -2.46. The van der Waals surface area contributed by atoms with Crippen molar-refractivity contribution in [3.8, 4) is 11.1 Å². The van der Waals surface area contributed by atoms with Crippen LogP contribution in [0, 0.1) is 0 Å². The lowest BCUT2D eigenvalue weighted by Gasteiger charge is -2.32. The summed E-state index contributed by atoms with van der Waals surface area (Å²) in [5.74, 6) is -0.0685. The molecule has 2 heterocycles. The van der Waals surface area contributed by atoms with E-state index in [1.165, 1.54) is 12.1 Å². The molecule has 1 N–H and O–H groups in total. The third kappa shape index (κ3) is 4.81. The Balaban J connectivity index is 1.78. The number of hydrogen-bond acceptors (Lipinski definition) is 3. The van der Waals surface area contributed by atoms with E-state index < -0.39 is 17.3 Å². The van der Waals surface area contributed by atoms with Crippen molar-refractivity contribution < 1.29 is 18.0 Å². The van der Waals surface area contributed by atoms with Gasteiger partial charge in [-0.3, -0.25) is 4.79 Å². The molecule has 0 aliphatic rings. The van der Waals surface area contributed by atoms with Crippen molar-refractivity contribution in [2.75, 3.05) is 0 Å². The van der Waals surface area contributed by atoms with Gasteiger partial charge in [-0.2, -0.15) is 18.3 Å². The van der Waals surface area contributed by atoms with Crippen LogP contribution in [0.15, 0.2) is 73.1 Å². The zero-order valence-corrected chi connectivity index (χ0v) is 18.9. The fourth-order valence-corrected chi connectivity index (χ4v) is 4.15. The summed E-state index contributed by atoms with van der Waals surface area (Å²) in [6.07, 6.45) is 0.465. The van der Waals surface area contributed by atoms with Crippen molar-refractivity contribution in [3.05, 3.63) is 89.9 Å². The van der Waals surface area contributed by atoms with Gasteiger partial charge in [-0.05, 0) is 42.7 Å². The largest absolute Gasteiger partial charge is 0.416 e. The van der Waals surface area contributed by atoms with Crippen molar-refractivity contribution in [2.24, 2.45) is 0 Å². The Morgan fingerprint density at radius 2 is 1.74 bits per heavy atom. The summed E-state index contributed by atoms with van der Waals surface area (Å²) >= 11 is 0. The Morgan fingerprint density at radius 3 is 2.38 bits per heavy atom. The monoisotopic (exact) mass is 466 g/mol. The molecular weight excluding hydrogens is 441 g/mol. The maximum absolute atomic E-state index is 13.0. The normalized spacial score (nSPS) is 13.6. The molecule has 0 radical (unpaired) electrons. The van der Waals surface area contributed by atoms with Gasteiger partial charge >= 0.3 is 6.18 Å². The van der Waals surface area contributed by atoms with Gasteiger partial charge in [0.25, 0.3) is 0 Å². The van der Waals surface area contributed by atoms with Crippen LogP contribution < -0.4 is 5.32 Å². The number of aromatic nitrogens is 3. The number of fused-ring (bicyclic) bond motifs is 1. The molecule has 5 nitrogen and oxygen atoms in total. The quantitative estimate of drug-likeness (QED) is 0.375. The zero-order valence-electron chi connectivity index (χ0n) is 18.9. The number of rotatable bonds is 7. The molecule has 0 saturated carbocycles. The molecule has 0 aliphatic carbocycles. The summed E-state index contributed by atoms with van der Waals surface area (Å²) in [5, 5.41) is 7.68. The van der Waals surface area contributed by atoms with Crippen LogP contribution in [0.25, 0.3) is 16.8 Å². The smallest absolute Gasteiger partial charge is 0.345 e. The molecular formula is C26H25F3N4O. The summed E-state index contributed by atoms with van der Waals surface area (Å²) in [4.78, 5) is 17.1. The second-order valence-corrected chi connectivity index (χ2v) is 8.49. The molecule has 0 spiro atoms. The van der Waals surface area contributed by atoms with Crippen LogP contribution in [0.1, 0.15) is 43.5 Å². The van der Waals surface area contributed by atoms with Crippen LogP contribution in [-0.4, -0.2) is 20.5 Å². The van der Waals surface area contributed by atoms with Gasteiger partial charge in [-0.1, -0.05) is 49.4 Å². The highest BCUT2D eigenvalue weighted by Crippen LogP contribution is 2.33. The lowest BCUT2D eigenvalue weighted by atomic mass is 9.88. The number of nitrogens with one attached hydrogen (secondary N) is 1. The minimum atomic E-state index is -4.40. The van der Waals surface area contributed by atoms with E-state index in [0.29, 0.717) is 29.6 Å². The maximum atomic E-state index is 13.0. The van der Waals surface area contributed by atoms with E-state index in [4.69, 9.17) is 0 Å². The minimum Gasteiger partial charge on any atom is -0.345 e. The van der Waals surface area contributed by atoms with E-state index in [2.05, 4.69) is 15.4 Å². The van der Waals surface area contributed by atoms with Gasteiger partial charge in [0.05, 0.1) is 23.0 Å². The third-order valence-electron chi connectivity index (χ3n) is 5.78. The molecule has 0 aliphatic heterocycles. The van der Waals surface area contributed by atoms with Crippen LogP contribution >= 0.6 is 0 Å². The first-order chi connectivity index (χ1) is 16.2. The van der Waals surface area contributed by atoms with Crippen LogP contribution in [0.3, 0.4) is 0 Å². The van der Waals surface area contributed by atoms with E-state index in [1.54, 1.807) is 16.9 Å². The molecule has 1 amide bonds. The average molecular weight is 467 g/mol. The Kier molecular flexibility index (Phi) is 6.41. The topological polar surface area (TPSA) is 59.3 Å². The average Bonchev–Trinajstić information content (AvgIpc) is 3.23. The molecule has 0 bridgehead atoms. The highest BCUT2D eigenvalue weighted by atomic mass is 19.4. The Labute approximate surface area is 195 Å². The number of carbonyl (C=O) groups is 1. The molecule has 0 unspecified atom stereocenters. The van der Waals surface area contributed by atoms with Crippen LogP contribution in [0.4, 0.5) is 13.2 Å². The highest BCUT2D eigenvalue weighted by Gasteiger charge is 2.33. The van der Waals surface area contributed by atoms with Gasteiger partial charge in [-0.25, -0.2) is 9.50 Å². The fraction of sp³-hybridized carbons (Fsp3) is 0.269. The predicted molar refractivity (Wildman–Crippen MR) is 124 cm³/mol. The molecule has 4 aromatic rings. The zero-order chi connectivity index (χ0) is 24.3. The first kappa shape index (κ1) is 23.5. The standard InChI is InChI=1S/C26H25F3N4O/c1-3-7-23(34)32-25(2,16-18-8-5-4-6-9-18)22-14-15-30-24-21(17-31-33(22)24)19-10-12-20(13-11-19)26(27,28)29/h4-6,8-15,17H,3,7,16H2,1-2H3,(H,32,34)/t25-/m1/s1. The highest BCUT2D eigenvalue weighted by molar-refractivity contribution is 5.78.